The standard InChI is InChI=1S/C11H15N3OS/c1-7-9(5-14(3)13-7)10-6-16-11(12-10)8(2)15-4/h5-6,8H,1-4H3. The van der Waals surface area contributed by atoms with Crippen LogP contribution in [0.15, 0.2) is 11.6 Å². The second-order valence-corrected chi connectivity index (χ2v) is 4.64. The van der Waals surface area contributed by atoms with Crippen molar-refractivity contribution < 1.29 is 4.74 Å². The van der Waals surface area contributed by atoms with Crippen molar-refractivity contribution in [2.24, 2.45) is 7.05 Å². The molecule has 0 aromatic carbocycles. The highest BCUT2D eigenvalue weighted by atomic mass is 32.1. The molecule has 0 amide bonds. The van der Waals surface area contributed by atoms with Crippen LogP contribution in [0.25, 0.3) is 11.3 Å². The summed E-state index contributed by atoms with van der Waals surface area (Å²) in [5.74, 6) is 0. The summed E-state index contributed by atoms with van der Waals surface area (Å²) in [6, 6.07) is 0. The Morgan fingerprint density at radius 3 is 2.81 bits per heavy atom. The molecule has 86 valence electrons. The second kappa shape index (κ2) is 4.35. The largest absolute Gasteiger partial charge is 0.375 e. The first kappa shape index (κ1) is 11.3. The van der Waals surface area contributed by atoms with E-state index in [1.54, 1.807) is 18.4 Å². The van der Waals surface area contributed by atoms with Crippen LogP contribution in [-0.2, 0) is 11.8 Å². The van der Waals surface area contributed by atoms with Gasteiger partial charge in [-0.1, -0.05) is 0 Å². The number of thiazole rings is 1. The van der Waals surface area contributed by atoms with Crippen LogP contribution in [-0.4, -0.2) is 21.9 Å². The molecule has 2 heterocycles. The average Bonchev–Trinajstić information content (AvgIpc) is 2.83. The van der Waals surface area contributed by atoms with E-state index in [4.69, 9.17) is 4.74 Å². The second-order valence-electron chi connectivity index (χ2n) is 3.75. The lowest BCUT2D eigenvalue weighted by Gasteiger charge is -2.03. The zero-order valence-electron chi connectivity index (χ0n) is 9.89. The van der Waals surface area contributed by atoms with Crippen LogP contribution in [0.1, 0.15) is 23.7 Å². The Hall–Kier alpha value is -1.20. The molecule has 2 aromatic rings. The lowest BCUT2D eigenvalue weighted by Crippen LogP contribution is -1.94. The molecule has 0 saturated carbocycles. The predicted molar refractivity (Wildman–Crippen MR) is 64.5 cm³/mol. The number of hydrogen-bond acceptors (Lipinski definition) is 4. The van der Waals surface area contributed by atoms with Crippen molar-refractivity contribution >= 4 is 11.3 Å². The highest BCUT2D eigenvalue weighted by Gasteiger charge is 2.13. The zero-order valence-corrected chi connectivity index (χ0v) is 10.7. The van der Waals surface area contributed by atoms with E-state index in [1.165, 1.54) is 0 Å². The summed E-state index contributed by atoms with van der Waals surface area (Å²) >= 11 is 1.62. The molecule has 1 atom stereocenters. The van der Waals surface area contributed by atoms with E-state index in [0.29, 0.717) is 0 Å². The van der Waals surface area contributed by atoms with Gasteiger partial charge in [0, 0.05) is 31.3 Å². The summed E-state index contributed by atoms with van der Waals surface area (Å²) in [7, 11) is 3.61. The number of nitrogens with zero attached hydrogens (tertiary/aromatic N) is 3. The Balaban J connectivity index is 2.35. The van der Waals surface area contributed by atoms with Gasteiger partial charge in [0.2, 0.25) is 0 Å². The van der Waals surface area contributed by atoms with Crippen LogP contribution in [0.5, 0.6) is 0 Å². The van der Waals surface area contributed by atoms with E-state index in [9.17, 15) is 0 Å². The number of hydrogen-bond donors (Lipinski definition) is 0. The van der Waals surface area contributed by atoms with Crippen molar-refractivity contribution in [2.75, 3.05) is 7.11 Å². The van der Waals surface area contributed by atoms with Crippen LogP contribution in [0.4, 0.5) is 0 Å². The normalized spacial score (nSPS) is 13.0. The molecule has 16 heavy (non-hydrogen) atoms. The van der Waals surface area contributed by atoms with Crippen LogP contribution in [0, 0.1) is 6.92 Å². The monoisotopic (exact) mass is 237 g/mol. The number of methoxy groups -OCH3 is 1. The Labute approximate surface area is 98.9 Å². The maximum Gasteiger partial charge on any atom is 0.122 e. The lowest BCUT2D eigenvalue weighted by molar-refractivity contribution is 0.119. The van der Waals surface area contributed by atoms with Gasteiger partial charge < -0.3 is 4.74 Å². The molecule has 0 fully saturated rings. The Morgan fingerprint density at radius 1 is 1.50 bits per heavy atom. The minimum Gasteiger partial charge on any atom is -0.375 e. The number of aryl methyl sites for hydroxylation is 2. The van der Waals surface area contributed by atoms with Crippen LogP contribution < -0.4 is 0 Å². The molecule has 0 radical (unpaired) electrons. The Bertz CT molecular complexity index is 489. The molecule has 4 nitrogen and oxygen atoms in total. The van der Waals surface area contributed by atoms with Gasteiger partial charge in [-0.15, -0.1) is 11.3 Å². The van der Waals surface area contributed by atoms with Crippen LogP contribution in [0.2, 0.25) is 0 Å². The first-order valence-corrected chi connectivity index (χ1v) is 5.98. The molecular weight excluding hydrogens is 222 g/mol. The van der Waals surface area contributed by atoms with Crippen molar-refractivity contribution in [3.05, 3.63) is 22.3 Å². The van der Waals surface area contributed by atoms with Gasteiger partial charge in [-0.25, -0.2) is 4.98 Å². The minimum absolute atomic E-state index is 0.0516. The van der Waals surface area contributed by atoms with Gasteiger partial charge in [0.05, 0.1) is 11.4 Å². The third kappa shape index (κ3) is 2.01. The molecule has 0 spiro atoms. The van der Waals surface area contributed by atoms with Gasteiger partial charge in [-0.05, 0) is 13.8 Å². The molecule has 0 saturated heterocycles. The zero-order chi connectivity index (χ0) is 11.7. The van der Waals surface area contributed by atoms with Gasteiger partial charge >= 0.3 is 0 Å². The highest BCUT2D eigenvalue weighted by Crippen LogP contribution is 2.27. The molecule has 2 rings (SSSR count). The molecule has 0 N–H and O–H groups in total. The first-order chi connectivity index (χ1) is 7.61. The third-order valence-electron chi connectivity index (χ3n) is 2.51. The van der Waals surface area contributed by atoms with Crippen LogP contribution >= 0.6 is 11.3 Å². The number of ether oxygens (including phenoxy) is 1. The summed E-state index contributed by atoms with van der Waals surface area (Å²) in [5, 5.41) is 7.36. The molecule has 0 aliphatic heterocycles. The van der Waals surface area contributed by atoms with Gasteiger partial charge in [0.25, 0.3) is 0 Å². The van der Waals surface area contributed by atoms with Crippen molar-refractivity contribution in [3.8, 4) is 11.3 Å². The van der Waals surface area contributed by atoms with Gasteiger partial charge in [0.15, 0.2) is 0 Å². The van der Waals surface area contributed by atoms with E-state index < -0.39 is 0 Å². The van der Waals surface area contributed by atoms with Crippen molar-refractivity contribution in [1.82, 2.24) is 14.8 Å². The van der Waals surface area contributed by atoms with E-state index in [2.05, 4.69) is 15.5 Å². The minimum atomic E-state index is 0.0516. The molecule has 0 aliphatic carbocycles. The Kier molecular flexibility index (Phi) is 3.07. The predicted octanol–water partition coefficient (Wildman–Crippen LogP) is 2.56. The summed E-state index contributed by atoms with van der Waals surface area (Å²) in [5.41, 5.74) is 3.08. The smallest absolute Gasteiger partial charge is 0.122 e. The fourth-order valence-corrected chi connectivity index (χ4v) is 2.40. The first-order valence-electron chi connectivity index (χ1n) is 5.10. The highest BCUT2D eigenvalue weighted by molar-refractivity contribution is 7.10. The lowest BCUT2D eigenvalue weighted by atomic mass is 10.2. The molecule has 0 aliphatic rings. The third-order valence-corrected chi connectivity index (χ3v) is 3.52. The quantitative estimate of drug-likeness (QED) is 0.823. The van der Waals surface area contributed by atoms with Crippen molar-refractivity contribution in [1.29, 1.82) is 0 Å². The van der Waals surface area contributed by atoms with Gasteiger partial charge in [0.1, 0.15) is 11.1 Å². The topological polar surface area (TPSA) is 39.9 Å². The molecule has 5 heteroatoms. The summed E-state index contributed by atoms with van der Waals surface area (Å²) < 4.78 is 7.06. The van der Waals surface area contributed by atoms with Crippen molar-refractivity contribution in [3.63, 3.8) is 0 Å². The Morgan fingerprint density at radius 2 is 2.25 bits per heavy atom. The molecule has 2 aromatic heterocycles. The molecule has 0 bridgehead atoms. The van der Waals surface area contributed by atoms with E-state index in [0.717, 1.165) is 22.0 Å². The summed E-state index contributed by atoms with van der Waals surface area (Å²) in [6.07, 6.45) is 2.04. The van der Waals surface area contributed by atoms with E-state index in [1.807, 2.05) is 31.8 Å². The fraction of sp³-hybridized carbons (Fsp3) is 0.455. The summed E-state index contributed by atoms with van der Waals surface area (Å²) in [6.45, 7) is 3.99. The maximum atomic E-state index is 5.25. The number of aromatic nitrogens is 3. The fourth-order valence-electron chi connectivity index (χ4n) is 1.55. The SMILES string of the molecule is COC(C)c1nc(-c2cn(C)nc2C)cs1. The summed E-state index contributed by atoms with van der Waals surface area (Å²) in [4.78, 5) is 4.57. The van der Waals surface area contributed by atoms with Crippen molar-refractivity contribution in [2.45, 2.75) is 20.0 Å². The number of rotatable bonds is 3. The molecular formula is C11H15N3OS. The maximum absolute atomic E-state index is 5.25. The average molecular weight is 237 g/mol. The molecule has 1 unspecified atom stereocenters. The van der Waals surface area contributed by atoms with Gasteiger partial charge in [-0.3, -0.25) is 4.68 Å². The van der Waals surface area contributed by atoms with Gasteiger partial charge in [-0.2, -0.15) is 5.10 Å². The van der Waals surface area contributed by atoms with E-state index >= 15 is 0 Å². The van der Waals surface area contributed by atoms with Crippen LogP contribution in [0.3, 0.4) is 0 Å². The van der Waals surface area contributed by atoms with E-state index in [-0.39, 0.29) is 6.10 Å².